The van der Waals surface area contributed by atoms with Crippen molar-refractivity contribution in [1.82, 2.24) is 4.90 Å². The molecule has 5 nitrogen and oxygen atoms in total. The fraction of sp³-hybridized carbons (Fsp3) is 0.538. The van der Waals surface area contributed by atoms with Gasteiger partial charge in [0.15, 0.2) is 19.7 Å². The number of sulfone groups is 2. The SMILES string of the molecule is CN(CCS(=O)(=O)c1cc(Cl)ccc1Cl)[C@H]1CCS(=O)(=O)C1. The molecule has 0 aliphatic carbocycles. The first-order valence-corrected chi connectivity index (χ1v) is 10.9. The normalized spacial score (nSPS) is 21.4. The van der Waals surface area contributed by atoms with Crippen LogP contribution in [-0.2, 0) is 19.7 Å². The number of halogens is 2. The lowest BCUT2D eigenvalue weighted by atomic mass is 10.2. The van der Waals surface area contributed by atoms with Crippen molar-refractivity contribution in [2.24, 2.45) is 0 Å². The van der Waals surface area contributed by atoms with Gasteiger partial charge < -0.3 is 4.90 Å². The molecule has 0 unspecified atom stereocenters. The van der Waals surface area contributed by atoms with Gasteiger partial charge in [-0.15, -0.1) is 0 Å². The molecule has 9 heteroatoms. The average Bonchev–Trinajstić information content (AvgIpc) is 2.79. The van der Waals surface area contributed by atoms with Crippen molar-refractivity contribution in [1.29, 1.82) is 0 Å². The van der Waals surface area contributed by atoms with Crippen LogP contribution < -0.4 is 0 Å². The van der Waals surface area contributed by atoms with Crippen LogP contribution in [-0.4, -0.2) is 58.6 Å². The third kappa shape index (κ3) is 4.35. The second-order valence-electron chi connectivity index (χ2n) is 5.43. The largest absolute Gasteiger partial charge is 0.301 e. The molecule has 1 atom stereocenters. The molecule has 0 saturated carbocycles. The molecule has 1 aliphatic heterocycles. The molecule has 0 amide bonds. The molecule has 0 radical (unpaired) electrons. The molecule has 1 aliphatic rings. The molecule has 1 saturated heterocycles. The summed E-state index contributed by atoms with van der Waals surface area (Å²) in [5.74, 6) is 0.108. The van der Waals surface area contributed by atoms with Gasteiger partial charge in [0.25, 0.3) is 0 Å². The van der Waals surface area contributed by atoms with Crippen molar-refractivity contribution < 1.29 is 16.8 Å². The maximum atomic E-state index is 12.4. The van der Waals surface area contributed by atoms with E-state index >= 15 is 0 Å². The number of hydrogen-bond acceptors (Lipinski definition) is 5. The Kier molecular flexibility index (Phi) is 5.44. The van der Waals surface area contributed by atoms with Gasteiger partial charge in [-0.25, -0.2) is 16.8 Å². The topological polar surface area (TPSA) is 71.5 Å². The molecule has 0 bridgehead atoms. The first-order chi connectivity index (χ1) is 10.1. The van der Waals surface area contributed by atoms with Crippen LogP contribution in [0.4, 0.5) is 0 Å². The van der Waals surface area contributed by atoms with Crippen LogP contribution in [0, 0.1) is 0 Å². The molecule has 2 rings (SSSR count). The molecule has 1 heterocycles. The van der Waals surface area contributed by atoms with Crippen molar-refractivity contribution in [2.75, 3.05) is 30.9 Å². The zero-order valence-corrected chi connectivity index (χ0v) is 15.1. The average molecular weight is 386 g/mol. The van der Waals surface area contributed by atoms with E-state index < -0.39 is 19.7 Å². The van der Waals surface area contributed by atoms with E-state index in [1.165, 1.54) is 18.2 Å². The molecule has 22 heavy (non-hydrogen) atoms. The second kappa shape index (κ2) is 6.65. The molecule has 124 valence electrons. The fourth-order valence-corrected chi connectivity index (χ4v) is 6.33. The molecule has 1 aromatic carbocycles. The Hall–Kier alpha value is -0.340. The van der Waals surface area contributed by atoms with E-state index in [4.69, 9.17) is 23.2 Å². The van der Waals surface area contributed by atoms with Gasteiger partial charge in [-0.2, -0.15) is 0 Å². The van der Waals surface area contributed by atoms with Crippen molar-refractivity contribution in [3.63, 3.8) is 0 Å². The van der Waals surface area contributed by atoms with Crippen LogP contribution in [0.3, 0.4) is 0 Å². The summed E-state index contributed by atoms with van der Waals surface area (Å²) in [5, 5.41) is 0.439. The van der Waals surface area contributed by atoms with E-state index in [9.17, 15) is 16.8 Å². The summed E-state index contributed by atoms with van der Waals surface area (Å²) in [7, 11) is -4.83. The van der Waals surface area contributed by atoms with Crippen molar-refractivity contribution in [3.8, 4) is 0 Å². The number of nitrogens with zero attached hydrogens (tertiary/aromatic N) is 1. The minimum absolute atomic E-state index is 0.00844. The standard InChI is InChI=1S/C13H17Cl2NO4S2/c1-16(11-4-6-21(17,18)9-11)5-7-22(19,20)13-8-10(14)2-3-12(13)15/h2-3,8,11H,4-7,9H2,1H3/t11-/m0/s1. The van der Waals surface area contributed by atoms with Crippen LogP contribution in [0.2, 0.25) is 10.0 Å². The first-order valence-electron chi connectivity index (χ1n) is 6.69. The zero-order valence-electron chi connectivity index (χ0n) is 12.0. The van der Waals surface area contributed by atoms with E-state index in [-0.39, 0.29) is 39.8 Å². The predicted octanol–water partition coefficient (Wildman–Crippen LogP) is 1.89. The highest BCUT2D eigenvalue weighted by molar-refractivity contribution is 7.91. The summed E-state index contributed by atoms with van der Waals surface area (Å²) in [6, 6.07) is 4.18. The lowest BCUT2D eigenvalue weighted by Crippen LogP contribution is -2.36. The molecular formula is C13H17Cl2NO4S2. The molecule has 1 fully saturated rings. The fourth-order valence-electron chi connectivity index (χ4n) is 2.40. The van der Waals surface area contributed by atoms with Crippen LogP contribution in [0.25, 0.3) is 0 Å². The zero-order chi connectivity index (χ0) is 16.5. The molecule has 1 aromatic rings. The smallest absolute Gasteiger partial charge is 0.181 e. The summed E-state index contributed by atoms with van der Waals surface area (Å²) in [6.07, 6.45) is 0.538. The Morgan fingerprint density at radius 1 is 1.32 bits per heavy atom. The van der Waals surface area contributed by atoms with Gasteiger partial charge in [-0.1, -0.05) is 23.2 Å². The second-order valence-corrected chi connectivity index (χ2v) is 10.6. The van der Waals surface area contributed by atoms with E-state index in [0.717, 1.165) is 0 Å². The van der Waals surface area contributed by atoms with Crippen molar-refractivity contribution in [2.45, 2.75) is 17.4 Å². The van der Waals surface area contributed by atoms with Crippen molar-refractivity contribution in [3.05, 3.63) is 28.2 Å². The summed E-state index contributed by atoms with van der Waals surface area (Å²) >= 11 is 11.8. The van der Waals surface area contributed by atoms with Gasteiger partial charge >= 0.3 is 0 Å². The van der Waals surface area contributed by atoms with Gasteiger partial charge in [0.05, 0.1) is 27.2 Å². The van der Waals surface area contributed by atoms with E-state index in [0.29, 0.717) is 11.4 Å². The Morgan fingerprint density at radius 3 is 2.59 bits per heavy atom. The van der Waals surface area contributed by atoms with Gasteiger partial charge in [0, 0.05) is 17.6 Å². The monoisotopic (exact) mass is 385 g/mol. The maximum Gasteiger partial charge on any atom is 0.181 e. The van der Waals surface area contributed by atoms with Crippen molar-refractivity contribution >= 4 is 42.9 Å². The molecular weight excluding hydrogens is 369 g/mol. The summed E-state index contributed by atoms with van der Waals surface area (Å²) in [6.45, 7) is 0.241. The summed E-state index contributed by atoms with van der Waals surface area (Å²) < 4.78 is 47.7. The molecule has 0 spiro atoms. The van der Waals surface area contributed by atoms with Gasteiger partial charge in [0.1, 0.15) is 0 Å². The Morgan fingerprint density at radius 2 is 2.00 bits per heavy atom. The lowest BCUT2D eigenvalue weighted by molar-refractivity contribution is 0.276. The number of rotatable bonds is 5. The van der Waals surface area contributed by atoms with E-state index in [1.54, 1.807) is 11.9 Å². The van der Waals surface area contributed by atoms with Crippen LogP contribution in [0.1, 0.15) is 6.42 Å². The highest BCUT2D eigenvalue weighted by Gasteiger charge is 2.31. The lowest BCUT2D eigenvalue weighted by Gasteiger charge is -2.22. The van der Waals surface area contributed by atoms with Gasteiger partial charge in [0.2, 0.25) is 0 Å². The van der Waals surface area contributed by atoms with Gasteiger partial charge in [-0.05, 0) is 31.7 Å². The predicted molar refractivity (Wildman–Crippen MR) is 88.2 cm³/mol. The number of hydrogen-bond donors (Lipinski definition) is 0. The maximum absolute atomic E-state index is 12.4. The minimum atomic E-state index is -3.57. The Balaban J connectivity index is 2.05. The molecule has 0 N–H and O–H groups in total. The first kappa shape index (κ1) is 18.0. The summed E-state index contributed by atoms with van der Waals surface area (Å²) in [4.78, 5) is 1.79. The summed E-state index contributed by atoms with van der Waals surface area (Å²) in [5.41, 5.74) is 0. The third-order valence-electron chi connectivity index (χ3n) is 3.77. The molecule has 0 aromatic heterocycles. The number of benzene rings is 1. The Bertz CT molecular complexity index is 762. The highest BCUT2D eigenvalue weighted by atomic mass is 35.5. The minimum Gasteiger partial charge on any atom is -0.301 e. The van der Waals surface area contributed by atoms with Gasteiger partial charge in [-0.3, -0.25) is 0 Å². The van der Waals surface area contributed by atoms with E-state index in [2.05, 4.69) is 0 Å². The highest BCUT2D eigenvalue weighted by Crippen LogP contribution is 2.26. The van der Waals surface area contributed by atoms with Crippen LogP contribution in [0.5, 0.6) is 0 Å². The third-order valence-corrected chi connectivity index (χ3v) is 7.93. The quantitative estimate of drug-likeness (QED) is 0.773. The van der Waals surface area contributed by atoms with Crippen LogP contribution >= 0.6 is 23.2 Å². The van der Waals surface area contributed by atoms with Crippen LogP contribution in [0.15, 0.2) is 23.1 Å². The van der Waals surface area contributed by atoms with E-state index in [1.807, 2.05) is 0 Å². The Labute approximate surface area is 141 Å².